The van der Waals surface area contributed by atoms with Crippen molar-refractivity contribution >= 4 is 23.5 Å². The molecule has 3 atom stereocenters. The highest BCUT2D eigenvalue weighted by Crippen LogP contribution is 2.40. The van der Waals surface area contributed by atoms with E-state index in [1.165, 1.54) is 12.8 Å². The number of carbonyl (C=O) groups excluding carboxylic acids is 1. The van der Waals surface area contributed by atoms with Crippen LogP contribution in [0.3, 0.4) is 0 Å². The summed E-state index contributed by atoms with van der Waals surface area (Å²) in [5.41, 5.74) is 2.41. The smallest absolute Gasteiger partial charge is 0.407 e. The molecule has 0 spiro atoms. The molecule has 3 N–H and O–H groups in total. The number of alkyl carbamates (subject to hydrolysis) is 1. The fourth-order valence-electron chi connectivity index (χ4n) is 4.41. The quantitative estimate of drug-likeness (QED) is 0.537. The summed E-state index contributed by atoms with van der Waals surface area (Å²) in [6.45, 7) is 1.96. The first kappa shape index (κ1) is 19.5. The van der Waals surface area contributed by atoms with E-state index >= 15 is 4.39 Å². The maximum absolute atomic E-state index is 15.1. The van der Waals surface area contributed by atoms with Crippen molar-refractivity contribution < 1.29 is 13.9 Å². The van der Waals surface area contributed by atoms with Crippen molar-refractivity contribution in [3.63, 3.8) is 0 Å². The number of nitrogens with one attached hydrogen (secondary N) is 3. The van der Waals surface area contributed by atoms with Gasteiger partial charge in [-0.1, -0.05) is 0 Å². The second kappa shape index (κ2) is 7.18. The van der Waals surface area contributed by atoms with Crippen LogP contribution in [-0.2, 0) is 4.74 Å². The van der Waals surface area contributed by atoms with Crippen LogP contribution < -0.4 is 10.6 Å². The van der Waals surface area contributed by atoms with E-state index in [-0.39, 0.29) is 5.54 Å². The van der Waals surface area contributed by atoms with Crippen molar-refractivity contribution in [1.82, 2.24) is 29.9 Å². The molecule has 10 heteroatoms. The Morgan fingerprint density at radius 3 is 2.94 bits per heavy atom. The number of ether oxygens (including phenoxy) is 1. The summed E-state index contributed by atoms with van der Waals surface area (Å²) in [5.74, 6) is 1.31. The summed E-state index contributed by atoms with van der Waals surface area (Å²) < 4.78 is 22.4. The fourth-order valence-corrected chi connectivity index (χ4v) is 4.41. The van der Waals surface area contributed by atoms with Gasteiger partial charge in [0.15, 0.2) is 5.82 Å². The topological polar surface area (TPSA) is 109 Å². The molecule has 168 valence electrons. The monoisotopic (exact) mass is 439 g/mol. The number of alkyl halides is 1. The molecule has 3 heterocycles. The van der Waals surface area contributed by atoms with Crippen LogP contribution in [0.1, 0.15) is 68.7 Å². The minimum absolute atomic E-state index is 0.184. The maximum Gasteiger partial charge on any atom is 0.407 e. The van der Waals surface area contributed by atoms with Crippen LogP contribution in [0.15, 0.2) is 24.5 Å². The molecule has 32 heavy (non-hydrogen) atoms. The van der Waals surface area contributed by atoms with Crippen LogP contribution in [0.4, 0.5) is 21.0 Å². The van der Waals surface area contributed by atoms with Gasteiger partial charge < -0.3 is 15.4 Å². The molecule has 3 aromatic rings. The molecule has 3 aromatic heterocycles. The van der Waals surface area contributed by atoms with Crippen molar-refractivity contribution in [1.29, 1.82) is 0 Å². The number of halogens is 1. The van der Waals surface area contributed by atoms with E-state index in [0.717, 1.165) is 24.2 Å². The Hall–Kier alpha value is -3.17. The van der Waals surface area contributed by atoms with Crippen LogP contribution in [0.25, 0.3) is 5.65 Å². The second-order valence-corrected chi connectivity index (χ2v) is 9.53. The lowest BCUT2D eigenvalue weighted by Gasteiger charge is -2.19. The Morgan fingerprint density at radius 1 is 1.31 bits per heavy atom. The zero-order chi connectivity index (χ0) is 21.9. The largest absolute Gasteiger partial charge is 0.443 e. The number of nitrogens with zero attached hydrogens (tertiary/aromatic N) is 4. The van der Waals surface area contributed by atoms with E-state index in [4.69, 9.17) is 4.74 Å². The molecule has 3 saturated carbocycles. The predicted octanol–water partition coefficient (Wildman–Crippen LogP) is 3.94. The normalized spacial score (nSPS) is 26.2. The maximum atomic E-state index is 15.1. The average Bonchev–Trinajstić information content (AvgIpc) is 3.59. The number of hydrogen-bond acceptors (Lipinski definition) is 6. The summed E-state index contributed by atoms with van der Waals surface area (Å²) in [5, 5.41) is 13.3. The highest BCUT2D eigenvalue weighted by Gasteiger charge is 2.43. The SMILES string of the molecule is CC1(NC(=O)O[C@@H]2CC[C@H](c3cc(Nc4nccc5nc(C6CC6)cn45)n[nH]3)[C@@H]2F)CC1. The molecule has 0 aromatic carbocycles. The number of aromatic amines is 1. The number of aromatic nitrogens is 5. The van der Waals surface area contributed by atoms with Gasteiger partial charge in [-0.05, 0) is 51.5 Å². The molecule has 6 rings (SSSR count). The van der Waals surface area contributed by atoms with Gasteiger partial charge in [-0.3, -0.25) is 9.50 Å². The van der Waals surface area contributed by atoms with Gasteiger partial charge in [-0.15, -0.1) is 0 Å². The van der Waals surface area contributed by atoms with Crippen LogP contribution >= 0.6 is 0 Å². The molecule has 0 bridgehead atoms. The Labute approximate surface area is 184 Å². The van der Waals surface area contributed by atoms with Crippen LogP contribution in [-0.4, -0.2) is 48.5 Å². The number of imidazole rings is 1. The molecule has 3 fully saturated rings. The standard InChI is InChI=1S/C22H26FN7O2/c1-22(7-8-22)27-21(31)32-16-5-4-13(19(16)23)14-10-17(29-28-14)26-20-24-9-6-18-25-15(11-30(18)20)12-2-3-12/h6,9-13,16,19H,2-5,7-8H2,1H3,(H,27,31)(H2,24,26,28,29)/t13-,16-,19+/m1/s1. The Kier molecular flexibility index (Phi) is 4.38. The Balaban J connectivity index is 1.13. The number of rotatable bonds is 6. The molecule has 3 aliphatic rings. The molecule has 9 nitrogen and oxygen atoms in total. The third-order valence-corrected chi connectivity index (χ3v) is 6.80. The van der Waals surface area contributed by atoms with Gasteiger partial charge in [-0.25, -0.2) is 19.2 Å². The summed E-state index contributed by atoms with van der Waals surface area (Å²) in [7, 11) is 0. The first-order valence-electron chi connectivity index (χ1n) is 11.3. The molecule has 3 aliphatic carbocycles. The second-order valence-electron chi connectivity index (χ2n) is 9.53. The van der Waals surface area contributed by atoms with Crippen LogP contribution in [0.2, 0.25) is 0 Å². The number of carbonyl (C=O) groups is 1. The minimum atomic E-state index is -1.28. The summed E-state index contributed by atoms with van der Waals surface area (Å²) in [4.78, 5) is 21.1. The number of H-pyrrole nitrogens is 1. The lowest BCUT2D eigenvalue weighted by Crippen LogP contribution is -2.38. The van der Waals surface area contributed by atoms with E-state index < -0.39 is 24.3 Å². The van der Waals surface area contributed by atoms with Crippen LogP contribution in [0.5, 0.6) is 0 Å². The zero-order valence-electron chi connectivity index (χ0n) is 17.8. The molecular formula is C22H26FN7O2. The number of anilines is 2. The minimum Gasteiger partial charge on any atom is -0.443 e. The van der Waals surface area contributed by atoms with Gasteiger partial charge >= 0.3 is 6.09 Å². The summed E-state index contributed by atoms with van der Waals surface area (Å²) in [6.07, 6.45) is 6.45. The lowest BCUT2D eigenvalue weighted by molar-refractivity contribution is 0.0546. The van der Waals surface area contributed by atoms with Gasteiger partial charge in [0.05, 0.1) is 5.69 Å². The van der Waals surface area contributed by atoms with Gasteiger partial charge in [0, 0.05) is 41.5 Å². The summed E-state index contributed by atoms with van der Waals surface area (Å²) >= 11 is 0. The first-order valence-corrected chi connectivity index (χ1v) is 11.3. The predicted molar refractivity (Wildman–Crippen MR) is 115 cm³/mol. The molecular weight excluding hydrogens is 413 g/mol. The zero-order valence-corrected chi connectivity index (χ0v) is 17.8. The number of hydrogen-bond donors (Lipinski definition) is 3. The third-order valence-electron chi connectivity index (χ3n) is 6.80. The van der Waals surface area contributed by atoms with E-state index in [2.05, 4.69) is 30.8 Å². The Morgan fingerprint density at radius 2 is 2.16 bits per heavy atom. The molecule has 0 saturated heterocycles. The molecule has 0 aliphatic heterocycles. The van der Waals surface area contributed by atoms with Crippen molar-refractivity contribution in [2.75, 3.05) is 5.32 Å². The molecule has 1 amide bonds. The molecule has 0 unspecified atom stereocenters. The van der Waals surface area contributed by atoms with Gasteiger partial charge in [0.1, 0.15) is 17.9 Å². The fraction of sp³-hybridized carbons (Fsp3) is 0.545. The van der Waals surface area contributed by atoms with Crippen molar-refractivity contribution in [3.8, 4) is 0 Å². The molecule has 0 radical (unpaired) electrons. The van der Waals surface area contributed by atoms with Crippen LogP contribution in [0, 0.1) is 0 Å². The first-order chi connectivity index (χ1) is 15.5. The van der Waals surface area contributed by atoms with E-state index in [1.807, 2.05) is 23.6 Å². The van der Waals surface area contributed by atoms with Crippen molar-refractivity contribution in [2.24, 2.45) is 0 Å². The van der Waals surface area contributed by atoms with Crippen molar-refractivity contribution in [3.05, 3.63) is 35.9 Å². The van der Waals surface area contributed by atoms with E-state index in [9.17, 15) is 4.79 Å². The van der Waals surface area contributed by atoms with Gasteiger partial charge in [0.25, 0.3) is 0 Å². The van der Waals surface area contributed by atoms with E-state index in [0.29, 0.717) is 36.2 Å². The third kappa shape index (κ3) is 3.67. The van der Waals surface area contributed by atoms with Gasteiger partial charge in [-0.2, -0.15) is 5.10 Å². The number of fused-ring (bicyclic) bond motifs is 1. The number of amides is 1. The van der Waals surface area contributed by atoms with Gasteiger partial charge in [0.2, 0.25) is 5.95 Å². The highest BCUT2D eigenvalue weighted by atomic mass is 19.1. The van der Waals surface area contributed by atoms with E-state index in [1.54, 1.807) is 12.3 Å². The highest BCUT2D eigenvalue weighted by molar-refractivity contribution is 5.69. The summed E-state index contributed by atoms with van der Waals surface area (Å²) in [6, 6.07) is 3.67. The Bertz CT molecular complexity index is 1170. The average molecular weight is 439 g/mol. The lowest BCUT2D eigenvalue weighted by atomic mass is 10.0. The van der Waals surface area contributed by atoms with Crippen molar-refractivity contribution in [2.45, 2.75) is 75.1 Å².